The average Bonchev–Trinajstić information content (AvgIpc) is 2.55. The molecule has 1 heterocycles. The molecule has 0 radical (unpaired) electrons. The first-order chi connectivity index (χ1) is 7.19. The molecule has 1 N–H and O–H groups in total. The molecular weight excluding hydrogens is 194 g/mol. The van der Waals surface area contributed by atoms with Crippen LogP contribution in [0.3, 0.4) is 0 Å². The van der Waals surface area contributed by atoms with Gasteiger partial charge in [0.15, 0.2) is 0 Å². The molecule has 0 bridgehead atoms. The largest absolute Gasteiger partial charge is 0.495 e. The summed E-state index contributed by atoms with van der Waals surface area (Å²) in [4.78, 5) is 22.8. The van der Waals surface area contributed by atoms with Crippen LogP contribution in [0.15, 0.2) is 12.1 Å². The third kappa shape index (κ3) is 1.29. The normalized spacial score (nSPS) is 13.7. The summed E-state index contributed by atoms with van der Waals surface area (Å²) in [5.74, 6) is -0.522. The van der Waals surface area contributed by atoms with Crippen molar-refractivity contribution in [2.45, 2.75) is 13.3 Å². The Morgan fingerprint density at radius 1 is 1.33 bits per heavy atom. The van der Waals surface area contributed by atoms with Crippen molar-refractivity contribution in [2.24, 2.45) is 0 Å². The molecule has 0 saturated heterocycles. The Morgan fingerprint density at radius 3 is 2.67 bits per heavy atom. The van der Waals surface area contributed by atoms with Gasteiger partial charge in [0.05, 0.1) is 18.4 Å². The first kappa shape index (κ1) is 9.71. The van der Waals surface area contributed by atoms with Crippen molar-refractivity contribution in [3.05, 3.63) is 23.3 Å². The Hall–Kier alpha value is -1.84. The van der Waals surface area contributed by atoms with Crippen molar-refractivity contribution in [3.63, 3.8) is 0 Å². The molecule has 0 saturated carbocycles. The maximum atomic E-state index is 11.6. The predicted molar refractivity (Wildman–Crippen MR) is 55.3 cm³/mol. The van der Waals surface area contributed by atoms with Gasteiger partial charge in [-0.15, -0.1) is 0 Å². The highest BCUT2D eigenvalue weighted by molar-refractivity contribution is 6.52. The van der Waals surface area contributed by atoms with E-state index in [1.54, 1.807) is 6.07 Å². The van der Waals surface area contributed by atoms with Crippen LogP contribution < -0.4 is 10.1 Å². The number of aryl methyl sites for hydroxylation is 1. The summed E-state index contributed by atoms with van der Waals surface area (Å²) in [7, 11) is 1.51. The van der Waals surface area contributed by atoms with Gasteiger partial charge in [-0.05, 0) is 18.1 Å². The number of ketones is 1. The van der Waals surface area contributed by atoms with Gasteiger partial charge >= 0.3 is 0 Å². The summed E-state index contributed by atoms with van der Waals surface area (Å²) in [6, 6.07) is 3.58. The lowest BCUT2D eigenvalue weighted by molar-refractivity contribution is -0.112. The monoisotopic (exact) mass is 205 g/mol. The van der Waals surface area contributed by atoms with Gasteiger partial charge in [0.1, 0.15) is 5.75 Å². The lowest BCUT2D eigenvalue weighted by Gasteiger charge is -2.08. The van der Waals surface area contributed by atoms with E-state index in [0.717, 1.165) is 5.56 Å². The number of rotatable bonds is 2. The number of nitrogens with one attached hydrogen (secondary N) is 1. The van der Waals surface area contributed by atoms with E-state index < -0.39 is 11.7 Å². The number of benzene rings is 1. The van der Waals surface area contributed by atoms with Crippen LogP contribution in [0.1, 0.15) is 22.8 Å². The van der Waals surface area contributed by atoms with Gasteiger partial charge in [0.2, 0.25) is 0 Å². The average molecular weight is 205 g/mol. The molecule has 1 amide bonds. The molecule has 78 valence electrons. The zero-order chi connectivity index (χ0) is 11.0. The number of anilines is 1. The van der Waals surface area contributed by atoms with Gasteiger partial charge in [-0.2, -0.15) is 0 Å². The molecule has 15 heavy (non-hydrogen) atoms. The van der Waals surface area contributed by atoms with E-state index in [2.05, 4.69) is 5.32 Å². The Kier molecular flexibility index (Phi) is 2.19. The molecular formula is C11H11NO3. The number of methoxy groups -OCH3 is 1. The number of amides is 1. The first-order valence-corrected chi connectivity index (χ1v) is 4.74. The number of carbonyl (C=O) groups is 2. The summed E-state index contributed by atoms with van der Waals surface area (Å²) in [6.45, 7) is 1.94. The molecule has 0 atom stereocenters. The molecule has 4 heteroatoms. The molecule has 0 spiro atoms. The van der Waals surface area contributed by atoms with Crippen molar-refractivity contribution in [1.82, 2.24) is 0 Å². The van der Waals surface area contributed by atoms with Gasteiger partial charge in [0.25, 0.3) is 11.7 Å². The lowest BCUT2D eigenvalue weighted by Crippen LogP contribution is -2.13. The summed E-state index contributed by atoms with van der Waals surface area (Å²) in [5.41, 5.74) is 1.84. The second-order valence-corrected chi connectivity index (χ2v) is 3.31. The molecule has 2 rings (SSSR count). The summed E-state index contributed by atoms with van der Waals surface area (Å²) < 4.78 is 5.09. The SMILES string of the molecule is CCc1ccc(OC)c2c1C(=O)C(=O)N2. The fraction of sp³-hybridized carbons (Fsp3) is 0.273. The maximum Gasteiger partial charge on any atom is 0.296 e. The second-order valence-electron chi connectivity index (χ2n) is 3.31. The molecule has 0 aromatic heterocycles. The minimum Gasteiger partial charge on any atom is -0.495 e. The van der Waals surface area contributed by atoms with E-state index in [9.17, 15) is 9.59 Å². The molecule has 0 unspecified atom stereocenters. The Bertz CT molecular complexity index is 451. The van der Waals surface area contributed by atoms with Crippen LogP contribution in [0.4, 0.5) is 5.69 Å². The molecule has 1 aliphatic heterocycles. The zero-order valence-electron chi connectivity index (χ0n) is 8.59. The smallest absolute Gasteiger partial charge is 0.296 e. The highest BCUT2D eigenvalue weighted by Gasteiger charge is 2.32. The maximum absolute atomic E-state index is 11.6. The minimum absolute atomic E-state index is 0.460. The van der Waals surface area contributed by atoms with Gasteiger partial charge in [-0.3, -0.25) is 9.59 Å². The predicted octanol–water partition coefficient (Wildman–Crippen LogP) is 1.39. The van der Waals surface area contributed by atoms with Gasteiger partial charge in [-0.25, -0.2) is 0 Å². The summed E-state index contributed by atoms with van der Waals surface area (Å²) >= 11 is 0. The highest BCUT2D eigenvalue weighted by Crippen LogP contribution is 2.35. The van der Waals surface area contributed by atoms with Gasteiger partial charge in [0, 0.05) is 0 Å². The number of hydrogen-bond acceptors (Lipinski definition) is 3. The van der Waals surface area contributed by atoms with Crippen molar-refractivity contribution < 1.29 is 14.3 Å². The van der Waals surface area contributed by atoms with Crippen LogP contribution >= 0.6 is 0 Å². The highest BCUT2D eigenvalue weighted by atomic mass is 16.5. The fourth-order valence-corrected chi connectivity index (χ4v) is 1.76. The van der Waals surface area contributed by atoms with Crippen LogP contribution in [0.2, 0.25) is 0 Å². The number of ether oxygens (including phenoxy) is 1. The molecule has 0 aliphatic carbocycles. The minimum atomic E-state index is -0.579. The van der Waals surface area contributed by atoms with E-state index in [1.807, 2.05) is 13.0 Å². The number of fused-ring (bicyclic) bond motifs is 1. The summed E-state index contributed by atoms with van der Waals surface area (Å²) in [6.07, 6.45) is 0.715. The Labute approximate surface area is 87.2 Å². The second kappa shape index (κ2) is 3.38. The number of carbonyl (C=O) groups excluding carboxylic acids is 2. The van der Waals surface area contributed by atoms with E-state index in [1.165, 1.54) is 7.11 Å². The van der Waals surface area contributed by atoms with Crippen LogP contribution in [0.25, 0.3) is 0 Å². The zero-order valence-corrected chi connectivity index (χ0v) is 8.59. The number of hydrogen-bond donors (Lipinski definition) is 1. The standard InChI is InChI=1S/C11H11NO3/c1-3-6-4-5-7(15-2)9-8(6)10(13)11(14)12-9/h4-5H,3H2,1-2H3,(H,12,13,14). The Balaban J connectivity index is 2.67. The van der Waals surface area contributed by atoms with Crippen LogP contribution in [-0.2, 0) is 11.2 Å². The van der Waals surface area contributed by atoms with Crippen molar-refractivity contribution in [1.29, 1.82) is 0 Å². The van der Waals surface area contributed by atoms with Crippen molar-refractivity contribution in [2.75, 3.05) is 12.4 Å². The van der Waals surface area contributed by atoms with Gasteiger partial charge < -0.3 is 10.1 Å². The first-order valence-electron chi connectivity index (χ1n) is 4.74. The van der Waals surface area contributed by atoms with E-state index in [0.29, 0.717) is 23.4 Å². The van der Waals surface area contributed by atoms with E-state index in [4.69, 9.17) is 4.74 Å². The molecule has 1 aromatic carbocycles. The molecule has 4 nitrogen and oxygen atoms in total. The molecule has 1 aliphatic rings. The number of Topliss-reactive ketones (excluding diaryl/α,β-unsaturated/α-hetero) is 1. The van der Waals surface area contributed by atoms with E-state index >= 15 is 0 Å². The van der Waals surface area contributed by atoms with Crippen LogP contribution in [0, 0.1) is 0 Å². The lowest BCUT2D eigenvalue weighted by atomic mass is 10.0. The fourth-order valence-electron chi connectivity index (χ4n) is 1.76. The summed E-state index contributed by atoms with van der Waals surface area (Å²) in [5, 5.41) is 2.53. The third-order valence-corrected chi connectivity index (χ3v) is 2.53. The third-order valence-electron chi connectivity index (χ3n) is 2.53. The molecule has 0 fully saturated rings. The topological polar surface area (TPSA) is 55.4 Å². The van der Waals surface area contributed by atoms with Gasteiger partial charge in [-0.1, -0.05) is 13.0 Å². The van der Waals surface area contributed by atoms with Crippen molar-refractivity contribution >= 4 is 17.4 Å². The van der Waals surface area contributed by atoms with Crippen LogP contribution in [0.5, 0.6) is 5.75 Å². The molecule has 1 aromatic rings. The van der Waals surface area contributed by atoms with E-state index in [-0.39, 0.29) is 0 Å². The quantitative estimate of drug-likeness (QED) is 0.742. The van der Waals surface area contributed by atoms with Crippen molar-refractivity contribution in [3.8, 4) is 5.75 Å². The van der Waals surface area contributed by atoms with Crippen LogP contribution in [-0.4, -0.2) is 18.8 Å². The Morgan fingerprint density at radius 2 is 2.07 bits per heavy atom.